The summed E-state index contributed by atoms with van der Waals surface area (Å²) in [6, 6.07) is 15.2. The van der Waals surface area contributed by atoms with Crippen molar-refractivity contribution < 1.29 is 9.90 Å². The first kappa shape index (κ1) is 18.4. The smallest absolute Gasteiger partial charge is 0.327 e. The number of fused-ring (bicyclic) bond motifs is 1. The first-order valence-electron chi connectivity index (χ1n) is 9.84. The molecule has 1 unspecified atom stereocenters. The summed E-state index contributed by atoms with van der Waals surface area (Å²) in [5.74, 6) is -0.899. The number of imidazole rings is 1. The largest absolute Gasteiger partial charge is 0.478 e. The van der Waals surface area contributed by atoms with Crippen molar-refractivity contribution in [3.63, 3.8) is 0 Å². The minimum absolute atomic E-state index is 0.461. The molecule has 144 valence electrons. The zero-order valence-electron chi connectivity index (χ0n) is 15.9. The Bertz CT molecular complexity index is 975. The summed E-state index contributed by atoms with van der Waals surface area (Å²) in [5.41, 5.74) is 4.74. The van der Waals surface area contributed by atoms with E-state index in [4.69, 9.17) is 5.11 Å². The number of hydrogen-bond donors (Lipinski definition) is 1. The number of carboxylic acids is 1. The fraction of sp³-hybridized carbons (Fsp3) is 0.304. The number of carbonyl (C=O) groups is 1. The Morgan fingerprint density at radius 1 is 1.21 bits per heavy atom. The molecular formula is C23H25N3O2. The molecular weight excluding hydrogens is 350 g/mol. The molecule has 0 bridgehead atoms. The predicted molar refractivity (Wildman–Crippen MR) is 109 cm³/mol. The molecule has 1 saturated heterocycles. The Kier molecular flexibility index (Phi) is 5.53. The lowest BCUT2D eigenvalue weighted by molar-refractivity contribution is -0.131. The maximum absolute atomic E-state index is 10.6. The summed E-state index contributed by atoms with van der Waals surface area (Å²) in [4.78, 5) is 17.6. The number of benzene rings is 1. The summed E-state index contributed by atoms with van der Waals surface area (Å²) in [7, 11) is 0. The molecule has 3 heterocycles. The van der Waals surface area contributed by atoms with Gasteiger partial charge in [-0.15, -0.1) is 0 Å². The number of carboxylic acid groups (broad SMARTS) is 1. The van der Waals surface area contributed by atoms with Crippen molar-refractivity contribution in [3.8, 4) is 0 Å². The van der Waals surface area contributed by atoms with Gasteiger partial charge < -0.3 is 9.51 Å². The number of allylic oxidation sites excluding steroid dienone is 1. The summed E-state index contributed by atoms with van der Waals surface area (Å²) in [5, 5.41) is 8.69. The van der Waals surface area contributed by atoms with Gasteiger partial charge >= 0.3 is 5.97 Å². The normalized spacial score (nSPS) is 17.6. The van der Waals surface area contributed by atoms with Crippen molar-refractivity contribution in [3.05, 3.63) is 83.8 Å². The first-order valence-corrected chi connectivity index (χ1v) is 9.84. The van der Waals surface area contributed by atoms with Crippen molar-refractivity contribution in [2.45, 2.75) is 31.7 Å². The first-order chi connectivity index (χ1) is 13.7. The van der Waals surface area contributed by atoms with Crippen LogP contribution in [-0.4, -0.2) is 38.4 Å². The van der Waals surface area contributed by atoms with Crippen LogP contribution in [0.15, 0.2) is 67.0 Å². The van der Waals surface area contributed by atoms with Crippen molar-refractivity contribution >= 4 is 11.6 Å². The van der Waals surface area contributed by atoms with Crippen LogP contribution in [0.1, 0.15) is 35.7 Å². The summed E-state index contributed by atoms with van der Waals surface area (Å²) in [6.07, 6.45) is 11.0. The molecule has 4 rings (SSSR count). The van der Waals surface area contributed by atoms with E-state index in [1.54, 1.807) is 6.08 Å². The van der Waals surface area contributed by atoms with Gasteiger partial charge in [0, 0.05) is 43.2 Å². The van der Waals surface area contributed by atoms with Gasteiger partial charge in [-0.2, -0.15) is 0 Å². The minimum atomic E-state index is -0.899. The van der Waals surface area contributed by atoms with Crippen molar-refractivity contribution in [2.24, 2.45) is 0 Å². The molecule has 0 aliphatic carbocycles. The van der Waals surface area contributed by atoms with Gasteiger partial charge in [0.15, 0.2) is 0 Å². The standard InChI is InChI=1S/C23H25N3O2/c27-23(28)8-3-5-18-9-11-19(12-10-18)21-6-4-14-25(21)16-13-20-17-24-22-7-1-2-15-26(20)22/h1-3,7-12,15,17,21H,4-6,13-14,16H2,(H,27,28)/b8-3+. The number of nitrogens with zero attached hydrogens (tertiary/aromatic N) is 3. The van der Waals surface area contributed by atoms with Gasteiger partial charge in [0.05, 0.1) is 0 Å². The lowest BCUT2D eigenvalue weighted by Crippen LogP contribution is -2.26. The zero-order valence-corrected chi connectivity index (χ0v) is 15.9. The van der Waals surface area contributed by atoms with Gasteiger partial charge in [0.1, 0.15) is 5.65 Å². The summed E-state index contributed by atoms with van der Waals surface area (Å²) in [6.45, 7) is 2.15. The van der Waals surface area contributed by atoms with Crippen LogP contribution in [0.4, 0.5) is 0 Å². The molecule has 1 aromatic carbocycles. The average molecular weight is 375 g/mol. The molecule has 5 heteroatoms. The lowest BCUT2D eigenvalue weighted by atomic mass is 10.0. The zero-order chi connectivity index (χ0) is 19.3. The molecule has 5 nitrogen and oxygen atoms in total. The van der Waals surface area contributed by atoms with Gasteiger partial charge in [-0.25, -0.2) is 9.78 Å². The van der Waals surface area contributed by atoms with Gasteiger partial charge in [-0.05, 0) is 49.1 Å². The highest BCUT2D eigenvalue weighted by atomic mass is 16.4. The van der Waals surface area contributed by atoms with Crippen LogP contribution in [0.3, 0.4) is 0 Å². The van der Waals surface area contributed by atoms with E-state index in [-0.39, 0.29) is 0 Å². The van der Waals surface area contributed by atoms with Crippen LogP contribution in [0.2, 0.25) is 0 Å². The Labute approximate surface area is 164 Å². The molecule has 1 fully saturated rings. The van der Waals surface area contributed by atoms with Crippen molar-refractivity contribution in [2.75, 3.05) is 13.1 Å². The molecule has 0 spiro atoms. The maximum atomic E-state index is 10.6. The highest BCUT2D eigenvalue weighted by Crippen LogP contribution is 2.32. The molecule has 3 aromatic rings. The molecule has 1 aliphatic heterocycles. The fourth-order valence-corrected chi connectivity index (χ4v) is 4.07. The third-order valence-electron chi connectivity index (χ3n) is 5.49. The Morgan fingerprint density at radius 3 is 2.89 bits per heavy atom. The molecule has 0 radical (unpaired) electrons. The summed E-state index contributed by atoms with van der Waals surface area (Å²) >= 11 is 0. The average Bonchev–Trinajstić information content (AvgIpc) is 3.33. The Hall–Kier alpha value is -2.92. The molecule has 0 amide bonds. The van der Waals surface area contributed by atoms with Crippen LogP contribution in [0, 0.1) is 0 Å². The SMILES string of the molecule is O=C(O)/C=C/Cc1ccc(C2CCCN2CCc2cnc3ccccn23)cc1. The van der Waals surface area contributed by atoms with Crippen LogP contribution in [0.25, 0.3) is 5.65 Å². The molecule has 1 N–H and O–H groups in total. The molecule has 2 aromatic heterocycles. The third kappa shape index (κ3) is 4.15. The highest BCUT2D eigenvalue weighted by Gasteiger charge is 2.25. The van der Waals surface area contributed by atoms with Crippen molar-refractivity contribution in [1.29, 1.82) is 0 Å². The van der Waals surface area contributed by atoms with Crippen LogP contribution in [-0.2, 0) is 17.6 Å². The molecule has 28 heavy (non-hydrogen) atoms. The van der Waals surface area contributed by atoms with E-state index < -0.39 is 5.97 Å². The van der Waals surface area contributed by atoms with Crippen LogP contribution in [0.5, 0.6) is 0 Å². The predicted octanol–water partition coefficient (Wildman–Crippen LogP) is 3.90. The number of aliphatic carboxylic acids is 1. The third-order valence-corrected chi connectivity index (χ3v) is 5.49. The van der Waals surface area contributed by atoms with E-state index in [1.165, 1.54) is 30.2 Å². The second kappa shape index (κ2) is 8.40. The number of aromatic nitrogens is 2. The molecule has 1 atom stereocenters. The second-order valence-electron chi connectivity index (χ2n) is 7.31. The van der Waals surface area contributed by atoms with E-state index in [2.05, 4.69) is 44.7 Å². The van der Waals surface area contributed by atoms with Gasteiger partial charge in [0.25, 0.3) is 0 Å². The molecule has 0 saturated carbocycles. The van der Waals surface area contributed by atoms with Crippen LogP contribution >= 0.6 is 0 Å². The quantitative estimate of drug-likeness (QED) is 0.637. The maximum Gasteiger partial charge on any atom is 0.327 e. The summed E-state index contributed by atoms with van der Waals surface area (Å²) < 4.78 is 2.17. The van der Waals surface area contributed by atoms with E-state index >= 15 is 0 Å². The van der Waals surface area contributed by atoms with E-state index in [0.29, 0.717) is 12.5 Å². The van der Waals surface area contributed by atoms with Gasteiger partial charge in [0.2, 0.25) is 0 Å². The van der Waals surface area contributed by atoms with Gasteiger partial charge in [-0.1, -0.05) is 36.4 Å². The number of likely N-dealkylation sites (tertiary alicyclic amines) is 1. The topological polar surface area (TPSA) is 57.8 Å². The monoisotopic (exact) mass is 375 g/mol. The molecule has 1 aliphatic rings. The lowest BCUT2D eigenvalue weighted by Gasteiger charge is -2.25. The minimum Gasteiger partial charge on any atom is -0.478 e. The second-order valence-corrected chi connectivity index (χ2v) is 7.31. The highest BCUT2D eigenvalue weighted by molar-refractivity contribution is 5.79. The van der Waals surface area contributed by atoms with Gasteiger partial charge in [-0.3, -0.25) is 4.90 Å². The van der Waals surface area contributed by atoms with E-state index in [9.17, 15) is 4.79 Å². The van der Waals surface area contributed by atoms with Crippen molar-refractivity contribution in [1.82, 2.24) is 14.3 Å². The fourth-order valence-electron chi connectivity index (χ4n) is 4.07. The Balaban J connectivity index is 1.40. The number of pyridine rings is 1. The number of hydrogen-bond acceptors (Lipinski definition) is 3. The van der Waals surface area contributed by atoms with Crippen LogP contribution < -0.4 is 0 Å². The number of rotatable bonds is 7. The van der Waals surface area contributed by atoms with E-state index in [1.807, 2.05) is 24.4 Å². The van der Waals surface area contributed by atoms with E-state index in [0.717, 1.165) is 30.7 Å². The Morgan fingerprint density at radius 2 is 2.07 bits per heavy atom.